The van der Waals surface area contributed by atoms with Crippen molar-refractivity contribution in [2.45, 2.75) is 17.9 Å². The van der Waals surface area contributed by atoms with Crippen molar-refractivity contribution in [2.24, 2.45) is 0 Å². The summed E-state index contributed by atoms with van der Waals surface area (Å²) in [5, 5.41) is 2.99. The molecule has 3 aromatic rings. The number of nitrogens with zero attached hydrogens (tertiary/aromatic N) is 2. The van der Waals surface area contributed by atoms with E-state index in [1.54, 1.807) is 24.3 Å². The van der Waals surface area contributed by atoms with Gasteiger partial charge in [-0.2, -0.15) is 4.31 Å². The summed E-state index contributed by atoms with van der Waals surface area (Å²) in [4.78, 5) is 29.2. The largest absolute Gasteiger partial charge is 0.449 e. The highest BCUT2D eigenvalue weighted by molar-refractivity contribution is 7.89. The zero-order valence-electron chi connectivity index (χ0n) is 17.7. The summed E-state index contributed by atoms with van der Waals surface area (Å²) >= 11 is 1.24. The molecule has 3 N–H and O–H groups in total. The minimum atomic E-state index is -3.71. The van der Waals surface area contributed by atoms with Crippen LogP contribution < -0.4 is 11.1 Å². The van der Waals surface area contributed by atoms with E-state index in [4.69, 9.17) is 15.2 Å². The molecule has 1 aromatic heterocycles. The summed E-state index contributed by atoms with van der Waals surface area (Å²) in [6, 6.07) is 10.8. The SMILES string of the molecule is CC(OC(=O)c1ccc2nc(N)sc2c1)C(=O)Nc1cccc(S(=O)(=O)N2CCOCC2)c1. The number of nitrogens with two attached hydrogens (primary N) is 1. The lowest BCUT2D eigenvalue weighted by molar-refractivity contribution is -0.123. The number of morpholine rings is 1. The smallest absolute Gasteiger partial charge is 0.338 e. The normalized spacial score (nSPS) is 15.8. The number of nitrogen functional groups attached to an aromatic ring is 1. The molecule has 1 unspecified atom stereocenters. The van der Waals surface area contributed by atoms with Gasteiger partial charge in [-0.25, -0.2) is 18.2 Å². The number of thiazole rings is 1. The number of hydrogen-bond acceptors (Lipinski definition) is 9. The van der Waals surface area contributed by atoms with E-state index in [-0.39, 0.29) is 29.2 Å². The monoisotopic (exact) mass is 490 g/mol. The number of benzene rings is 2. The Morgan fingerprint density at radius 3 is 2.73 bits per heavy atom. The van der Waals surface area contributed by atoms with E-state index < -0.39 is 28.0 Å². The Morgan fingerprint density at radius 2 is 1.97 bits per heavy atom. The fourth-order valence-electron chi connectivity index (χ4n) is 3.27. The van der Waals surface area contributed by atoms with E-state index in [2.05, 4.69) is 10.3 Å². The van der Waals surface area contributed by atoms with Gasteiger partial charge in [0.2, 0.25) is 10.0 Å². The molecule has 0 aliphatic carbocycles. The molecule has 0 saturated carbocycles. The number of esters is 1. The molecule has 10 nitrogen and oxygen atoms in total. The van der Waals surface area contributed by atoms with Crippen LogP contribution in [-0.4, -0.2) is 62.0 Å². The van der Waals surface area contributed by atoms with Crippen LogP contribution in [0.1, 0.15) is 17.3 Å². The molecule has 2 heterocycles. The third-order valence-electron chi connectivity index (χ3n) is 5.00. The maximum atomic E-state index is 12.8. The Labute approximate surface area is 194 Å². The van der Waals surface area contributed by atoms with Crippen molar-refractivity contribution in [1.29, 1.82) is 0 Å². The molecule has 1 fully saturated rings. The molecular formula is C21H22N4O6S2. The Kier molecular flexibility index (Phi) is 6.61. The minimum absolute atomic E-state index is 0.0592. The Balaban J connectivity index is 1.42. The predicted octanol–water partition coefficient (Wildman–Crippen LogP) is 2.08. The van der Waals surface area contributed by atoms with Crippen molar-refractivity contribution in [3.05, 3.63) is 48.0 Å². The van der Waals surface area contributed by atoms with Gasteiger partial charge >= 0.3 is 5.97 Å². The number of nitrogens with one attached hydrogen (secondary N) is 1. The number of anilines is 2. The summed E-state index contributed by atoms with van der Waals surface area (Å²) in [5.41, 5.74) is 6.90. The van der Waals surface area contributed by atoms with Gasteiger partial charge in [-0.3, -0.25) is 4.79 Å². The van der Waals surface area contributed by atoms with E-state index in [1.165, 1.54) is 40.8 Å². The molecule has 1 atom stereocenters. The first-order valence-corrected chi connectivity index (χ1v) is 12.4. The number of ether oxygens (including phenoxy) is 2. The zero-order valence-corrected chi connectivity index (χ0v) is 19.3. The van der Waals surface area contributed by atoms with Crippen LogP contribution >= 0.6 is 11.3 Å². The molecule has 1 aliphatic heterocycles. The van der Waals surface area contributed by atoms with Gasteiger partial charge in [0, 0.05) is 18.8 Å². The summed E-state index contributed by atoms with van der Waals surface area (Å²) in [6.45, 7) is 2.64. The average Bonchev–Trinajstić information content (AvgIpc) is 3.19. The predicted molar refractivity (Wildman–Crippen MR) is 124 cm³/mol. The van der Waals surface area contributed by atoms with E-state index in [0.29, 0.717) is 23.9 Å². The minimum Gasteiger partial charge on any atom is -0.449 e. The first kappa shape index (κ1) is 23.1. The van der Waals surface area contributed by atoms with Crippen LogP contribution in [0.3, 0.4) is 0 Å². The Hall–Kier alpha value is -3.06. The number of carbonyl (C=O) groups is 2. The molecule has 0 bridgehead atoms. The number of fused-ring (bicyclic) bond motifs is 1. The van der Waals surface area contributed by atoms with E-state index in [0.717, 1.165) is 4.70 Å². The molecule has 2 aromatic carbocycles. The summed E-state index contributed by atoms with van der Waals surface area (Å²) in [6.07, 6.45) is -1.11. The van der Waals surface area contributed by atoms with Crippen LogP contribution in [-0.2, 0) is 24.3 Å². The summed E-state index contributed by atoms with van der Waals surface area (Å²) < 4.78 is 38.2. The number of sulfonamides is 1. The fraction of sp³-hybridized carbons (Fsp3) is 0.286. The van der Waals surface area contributed by atoms with Crippen LogP contribution in [0.5, 0.6) is 0 Å². The first-order chi connectivity index (χ1) is 15.7. The third-order valence-corrected chi connectivity index (χ3v) is 7.75. The number of carbonyl (C=O) groups excluding carboxylic acids is 2. The summed E-state index contributed by atoms with van der Waals surface area (Å²) in [5.74, 6) is -1.26. The standard InChI is InChI=1S/C21H22N4O6S2/c1-13(31-20(27)14-5-6-17-18(11-14)32-21(22)24-17)19(26)23-15-3-2-4-16(12-15)33(28,29)25-7-9-30-10-8-25/h2-6,11-13H,7-10H2,1H3,(H2,22,24)(H,23,26). The highest BCUT2D eigenvalue weighted by Gasteiger charge is 2.27. The van der Waals surface area contributed by atoms with Crippen LogP contribution in [0.15, 0.2) is 47.4 Å². The molecular weight excluding hydrogens is 468 g/mol. The van der Waals surface area contributed by atoms with Gasteiger partial charge in [0.25, 0.3) is 5.91 Å². The van der Waals surface area contributed by atoms with Crippen LogP contribution in [0.4, 0.5) is 10.8 Å². The molecule has 0 spiro atoms. The molecule has 4 rings (SSSR count). The van der Waals surface area contributed by atoms with Crippen LogP contribution in [0.2, 0.25) is 0 Å². The molecule has 1 aliphatic rings. The quantitative estimate of drug-likeness (QED) is 0.501. The lowest BCUT2D eigenvalue weighted by Gasteiger charge is -2.26. The molecule has 1 saturated heterocycles. The molecule has 33 heavy (non-hydrogen) atoms. The van der Waals surface area contributed by atoms with Gasteiger partial charge in [0.05, 0.1) is 33.9 Å². The van der Waals surface area contributed by atoms with Crippen molar-refractivity contribution in [1.82, 2.24) is 9.29 Å². The second-order valence-electron chi connectivity index (χ2n) is 7.32. The number of aromatic nitrogens is 1. The fourth-order valence-corrected chi connectivity index (χ4v) is 5.49. The molecule has 174 valence electrons. The Morgan fingerprint density at radius 1 is 1.21 bits per heavy atom. The van der Waals surface area contributed by atoms with Gasteiger partial charge < -0.3 is 20.5 Å². The topological polar surface area (TPSA) is 141 Å². The maximum Gasteiger partial charge on any atom is 0.338 e. The van der Waals surface area contributed by atoms with Gasteiger partial charge in [0.15, 0.2) is 11.2 Å². The molecule has 1 amide bonds. The maximum absolute atomic E-state index is 12.8. The van der Waals surface area contributed by atoms with Gasteiger partial charge in [-0.15, -0.1) is 0 Å². The highest BCUT2D eigenvalue weighted by Crippen LogP contribution is 2.25. The first-order valence-electron chi connectivity index (χ1n) is 10.1. The number of amides is 1. The van der Waals surface area contributed by atoms with Crippen molar-refractivity contribution < 1.29 is 27.5 Å². The lowest BCUT2D eigenvalue weighted by atomic mass is 10.2. The van der Waals surface area contributed by atoms with Crippen molar-refractivity contribution >= 4 is 54.3 Å². The van der Waals surface area contributed by atoms with E-state index in [9.17, 15) is 18.0 Å². The van der Waals surface area contributed by atoms with Gasteiger partial charge in [-0.05, 0) is 43.3 Å². The van der Waals surface area contributed by atoms with Crippen molar-refractivity contribution in [3.8, 4) is 0 Å². The van der Waals surface area contributed by atoms with Gasteiger partial charge in [-0.1, -0.05) is 17.4 Å². The van der Waals surface area contributed by atoms with E-state index >= 15 is 0 Å². The summed E-state index contributed by atoms with van der Waals surface area (Å²) in [7, 11) is -3.71. The lowest BCUT2D eigenvalue weighted by Crippen LogP contribution is -2.40. The number of rotatable bonds is 6. The highest BCUT2D eigenvalue weighted by atomic mass is 32.2. The zero-order chi connectivity index (χ0) is 23.6. The Bertz CT molecular complexity index is 1300. The van der Waals surface area contributed by atoms with Crippen molar-refractivity contribution in [2.75, 3.05) is 37.4 Å². The van der Waals surface area contributed by atoms with Gasteiger partial charge in [0.1, 0.15) is 0 Å². The van der Waals surface area contributed by atoms with Crippen LogP contribution in [0.25, 0.3) is 10.2 Å². The average molecular weight is 491 g/mol. The molecule has 12 heteroatoms. The van der Waals surface area contributed by atoms with Crippen LogP contribution in [0, 0.1) is 0 Å². The van der Waals surface area contributed by atoms with Crippen molar-refractivity contribution in [3.63, 3.8) is 0 Å². The second-order valence-corrected chi connectivity index (χ2v) is 10.3. The second kappa shape index (κ2) is 9.43. The third kappa shape index (κ3) is 5.14. The number of hydrogen-bond donors (Lipinski definition) is 2. The van der Waals surface area contributed by atoms with E-state index in [1.807, 2.05) is 0 Å². The molecule has 0 radical (unpaired) electrons.